The number of nitrogens with zero attached hydrogens (tertiary/aromatic N) is 3. The van der Waals surface area contributed by atoms with Gasteiger partial charge in [-0.25, -0.2) is 9.78 Å². The number of methoxy groups -OCH3 is 1. The van der Waals surface area contributed by atoms with Gasteiger partial charge in [-0.1, -0.05) is 11.3 Å². The number of esters is 1. The van der Waals surface area contributed by atoms with E-state index in [1.807, 2.05) is 0 Å². The molecule has 1 aliphatic rings. The van der Waals surface area contributed by atoms with Crippen LogP contribution >= 0.6 is 11.3 Å². The van der Waals surface area contributed by atoms with Crippen molar-refractivity contribution in [3.63, 3.8) is 0 Å². The first-order chi connectivity index (χ1) is 10.6. The van der Waals surface area contributed by atoms with Gasteiger partial charge < -0.3 is 4.74 Å². The normalized spacial score (nSPS) is 13.9. The molecule has 1 amide bonds. The molecule has 1 saturated carbocycles. The zero-order valence-electron chi connectivity index (χ0n) is 12.3. The number of aromatic nitrogens is 3. The monoisotopic (exact) mass is 320 g/mol. The summed E-state index contributed by atoms with van der Waals surface area (Å²) in [5.74, 6) is -0.0417. The number of carbonyl (C=O) groups excluding carboxylic acids is 2. The first-order valence-electron chi connectivity index (χ1n) is 6.96. The lowest BCUT2D eigenvalue weighted by Crippen LogP contribution is -2.11. The number of thiazole rings is 1. The van der Waals surface area contributed by atoms with Crippen molar-refractivity contribution in [1.29, 1.82) is 0 Å². The van der Waals surface area contributed by atoms with Gasteiger partial charge in [-0.05, 0) is 25.7 Å². The van der Waals surface area contributed by atoms with E-state index in [0.717, 1.165) is 17.9 Å². The number of ether oxygens (including phenoxy) is 1. The Labute approximate surface area is 131 Å². The van der Waals surface area contributed by atoms with Crippen LogP contribution in [0, 0.1) is 12.8 Å². The van der Waals surface area contributed by atoms with Gasteiger partial charge in [0.1, 0.15) is 4.88 Å². The number of hydrogen-bond donors (Lipinski definition) is 1. The average molecular weight is 320 g/mol. The van der Waals surface area contributed by atoms with Gasteiger partial charge in [0.25, 0.3) is 5.91 Å². The van der Waals surface area contributed by atoms with E-state index in [2.05, 4.69) is 20.1 Å². The van der Waals surface area contributed by atoms with Crippen LogP contribution in [-0.4, -0.2) is 33.8 Å². The minimum absolute atomic E-state index is 0.285. The molecule has 2 aromatic heterocycles. The Kier molecular flexibility index (Phi) is 3.93. The molecule has 7 nitrogen and oxygen atoms in total. The molecule has 0 spiro atoms. The first-order valence-corrected chi connectivity index (χ1v) is 7.78. The second-order valence-electron chi connectivity index (χ2n) is 5.27. The van der Waals surface area contributed by atoms with Crippen LogP contribution in [0.3, 0.4) is 0 Å². The van der Waals surface area contributed by atoms with Crippen LogP contribution in [0.4, 0.5) is 5.13 Å². The summed E-state index contributed by atoms with van der Waals surface area (Å²) >= 11 is 1.10. The molecule has 116 valence electrons. The van der Waals surface area contributed by atoms with Gasteiger partial charge >= 0.3 is 5.97 Å². The summed E-state index contributed by atoms with van der Waals surface area (Å²) in [7, 11) is 1.31. The zero-order chi connectivity index (χ0) is 15.7. The van der Waals surface area contributed by atoms with E-state index in [9.17, 15) is 9.59 Å². The number of anilines is 1. The highest BCUT2D eigenvalue weighted by atomic mass is 32.1. The molecule has 0 saturated heterocycles. The Morgan fingerprint density at radius 3 is 2.95 bits per heavy atom. The van der Waals surface area contributed by atoms with Crippen molar-refractivity contribution >= 4 is 28.3 Å². The fourth-order valence-electron chi connectivity index (χ4n) is 2.05. The van der Waals surface area contributed by atoms with Gasteiger partial charge in [-0.15, -0.1) is 0 Å². The zero-order valence-corrected chi connectivity index (χ0v) is 13.1. The lowest BCUT2D eigenvalue weighted by atomic mass is 10.3. The van der Waals surface area contributed by atoms with E-state index < -0.39 is 5.97 Å². The summed E-state index contributed by atoms with van der Waals surface area (Å²) in [5, 5.41) is 7.25. The van der Waals surface area contributed by atoms with Crippen molar-refractivity contribution in [2.45, 2.75) is 26.3 Å². The van der Waals surface area contributed by atoms with Crippen LogP contribution in [-0.2, 0) is 11.3 Å². The maximum Gasteiger partial charge on any atom is 0.350 e. The summed E-state index contributed by atoms with van der Waals surface area (Å²) in [6.45, 7) is 2.56. The largest absolute Gasteiger partial charge is 0.465 e. The maximum absolute atomic E-state index is 12.2. The highest BCUT2D eigenvalue weighted by molar-refractivity contribution is 7.17. The predicted molar refractivity (Wildman–Crippen MR) is 81.1 cm³/mol. The van der Waals surface area contributed by atoms with Crippen LogP contribution in [0.25, 0.3) is 0 Å². The number of hydrogen-bond acceptors (Lipinski definition) is 6. The first kappa shape index (κ1) is 14.7. The van der Waals surface area contributed by atoms with E-state index >= 15 is 0 Å². The Morgan fingerprint density at radius 2 is 2.27 bits per heavy atom. The van der Waals surface area contributed by atoms with Crippen LogP contribution in [0.1, 0.15) is 38.6 Å². The van der Waals surface area contributed by atoms with Crippen LogP contribution in [0.2, 0.25) is 0 Å². The molecule has 1 fully saturated rings. The molecule has 0 radical (unpaired) electrons. The van der Waals surface area contributed by atoms with Crippen molar-refractivity contribution in [1.82, 2.24) is 14.8 Å². The topological polar surface area (TPSA) is 86.1 Å². The van der Waals surface area contributed by atoms with E-state index in [0.29, 0.717) is 27.2 Å². The standard InChI is InChI=1S/C14H16N4O3S/c1-8-11(13(20)21-2)22-14(16-8)17-12(19)10-5-15-18(7-10)6-9-3-4-9/h5,7,9H,3-4,6H2,1-2H3,(H,16,17,19). The summed E-state index contributed by atoms with van der Waals surface area (Å²) in [4.78, 5) is 28.3. The van der Waals surface area contributed by atoms with Crippen molar-refractivity contribution < 1.29 is 14.3 Å². The Hall–Kier alpha value is -2.22. The Morgan fingerprint density at radius 1 is 1.50 bits per heavy atom. The average Bonchev–Trinajstić information content (AvgIpc) is 3.04. The van der Waals surface area contributed by atoms with Crippen molar-refractivity contribution in [3.8, 4) is 0 Å². The second-order valence-corrected chi connectivity index (χ2v) is 6.27. The number of rotatable bonds is 5. The highest BCUT2D eigenvalue weighted by Crippen LogP contribution is 2.30. The molecule has 2 heterocycles. The second kappa shape index (κ2) is 5.88. The predicted octanol–water partition coefficient (Wildman–Crippen LogP) is 2.10. The third-order valence-electron chi connectivity index (χ3n) is 3.43. The SMILES string of the molecule is COC(=O)c1sc(NC(=O)c2cnn(CC3CC3)c2)nc1C. The van der Waals surface area contributed by atoms with E-state index in [-0.39, 0.29) is 5.91 Å². The minimum atomic E-state index is -0.451. The van der Waals surface area contributed by atoms with E-state index in [1.165, 1.54) is 20.0 Å². The summed E-state index contributed by atoms with van der Waals surface area (Å²) in [5.41, 5.74) is 1.02. The summed E-state index contributed by atoms with van der Waals surface area (Å²) in [6.07, 6.45) is 5.74. The molecule has 2 aromatic rings. The fourth-order valence-corrected chi connectivity index (χ4v) is 2.93. The Bertz CT molecular complexity index is 717. The third kappa shape index (κ3) is 3.16. The van der Waals surface area contributed by atoms with E-state index in [4.69, 9.17) is 0 Å². The molecule has 0 aromatic carbocycles. The Balaban J connectivity index is 1.68. The number of aryl methyl sites for hydroxylation is 1. The molecular formula is C14H16N4O3S. The smallest absolute Gasteiger partial charge is 0.350 e. The van der Waals surface area contributed by atoms with Gasteiger partial charge in [-0.3, -0.25) is 14.8 Å². The fraction of sp³-hybridized carbons (Fsp3) is 0.429. The quantitative estimate of drug-likeness (QED) is 0.853. The van der Waals surface area contributed by atoms with E-state index in [1.54, 1.807) is 24.0 Å². The molecule has 0 bridgehead atoms. The lowest BCUT2D eigenvalue weighted by Gasteiger charge is -1.98. The minimum Gasteiger partial charge on any atom is -0.465 e. The molecule has 0 atom stereocenters. The van der Waals surface area contributed by atoms with Gasteiger partial charge in [0, 0.05) is 12.7 Å². The molecule has 0 unspecified atom stereocenters. The van der Waals surface area contributed by atoms with Crippen LogP contribution in [0.5, 0.6) is 0 Å². The summed E-state index contributed by atoms with van der Waals surface area (Å²) < 4.78 is 6.46. The van der Waals surface area contributed by atoms with Crippen molar-refractivity contribution in [3.05, 3.63) is 28.5 Å². The van der Waals surface area contributed by atoms with Crippen LogP contribution in [0.15, 0.2) is 12.4 Å². The molecule has 22 heavy (non-hydrogen) atoms. The maximum atomic E-state index is 12.2. The molecular weight excluding hydrogens is 304 g/mol. The van der Waals surface area contributed by atoms with Crippen LogP contribution < -0.4 is 5.32 Å². The highest BCUT2D eigenvalue weighted by Gasteiger charge is 2.23. The summed E-state index contributed by atoms with van der Waals surface area (Å²) in [6, 6.07) is 0. The third-order valence-corrected chi connectivity index (χ3v) is 4.48. The van der Waals surface area contributed by atoms with Crippen molar-refractivity contribution in [2.75, 3.05) is 12.4 Å². The number of amides is 1. The number of carbonyl (C=O) groups is 2. The number of nitrogens with one attached hydrogen (secondary N) is 1. The van der Waals surface area contributed by atoms with Gasteiger partial charge in [0.2, 0.25) is 0 Å². The lowest BCUT2D eigenvalue weighted by molar-refractivity contribution is 0.0605. The molecule has 1 aliphatic carbocycles. The van der Waals surface area contributed by atoms with Gasteiger partial charge in [0.05, 0.1) is 24.6 Å². The molecule has 1 N–H and O–H groups in total. The van der Waals surface area contributed by atoms with Gasteiger partial charge in [0.15, 0.2) is 5.13 Å². The molecule has 3 rings (SSSR count). The van der Waals surface area contributed by atoms with Crippen molar-refractivity contribution in [2.24, 2.45) is 5.92 Å². The molecule has 8 heteroatoms. The van der Waals surface area contributed by atoms with Gasteiger partial charge in [-0.2, -0.15) is 5.10 Å². The molecule has 0 aliphatic heterocycles.